The minimum Gasteiger partial charge on any atom is -0.492 e. The number of aryl methyl sites for hydroxylation is 2. The van der Waals surface area contributed by atoms with E-state index in [9.17, 15) is 4.79 Å². The summed E-state index contributed by atoms with van der Waals surface area (Å²) in [5.41, 5.74) is 4.57. The Kier molecular flexibility index (Phi) is 4.85. The molecule has 0 unspecified atom stereocenters. The molecule has 0 atom stereocenters. The lowest BCUT2D eigenvalue weighted by Crippen LogP contribution is -2.12. The zero-order chi connectivity index (χ0) is 19.5. The van der Waals surface area contributed by atoms with Crippen molar-refractivity contribution in [2.24, 2.45) is 0 Å². The fourth-order valence-electron chi connectivity index (χ4n) is 3.13. The summed E-state index contributed by atoms with van der Waals surface area (Å²) in [7, 11) is 0. The number of nitrogens with one attached hydrogen (secondary N) is 2. The maximum atomic E-state index is 12.7. The first-order chi connectivity index (χ1) is 13.6. The number of carbonyl (C=O) groups excluding carboxylic acids is 1. The summed E-state index contributed by atoms with van der Waals surface area (Å²) in [6.07, 6.45) is 3.63. The van der Waals surface area contributed by atoms with Gasteiger partial charge in [-0.15, -0.1) is 0 Å². The standard InChI is InChI=1S/C22H22N4O2/c1-15-7-8-20-19(16(15)2)14-21(25-20)22(27)24-17-5-3-6-18(13-17)28-12-11-26-10-4-9-23-26/h3-10,13-14,25H,11-12H2,1-2H3,(H,24,27). The van der Waals surface area contributed by atoms with Gasteiger partial charge in [-0.05, 0) is 55.3 Å². The van der Waals surface area contributed by atoms with Crippen LogP contribution < -0.4 is 10.1 Å². The van der Waals surface area contributed by atoms with Crippen LogP contribution in [-0.4, -0.2) is 27.3 Å². The molecule has 6 nitrogen and oxygen atoms in total. The highest BCUT2D eigenvalue weighted by atomic mass is 16.5. The Morgan fingerprint density at radius 1 is 1.18 bits per heavy atom. The molecule has 2 heterocycles. The number of hydrogen-bond donors (Lipinski definition) is 2. The van der Waals surface area contributed by atoms with Gasteiger partial charge in [0.25, 0.3) is 5.91 Å². The Hall–Kier alpha value is -3.54. The third kappa shape index (κ3) is 3.76. The number of H-pyrrole nitrogens is 1. The van der Waals surface area contributed by atoms with Crippen LogP contribution in [0.2, 0.25) is 0 Å². The molecule has 6 heteroatoms. The van der Waals surface area contributed by atoms with Crippen LogP contribution in [-0.2, 0) is 6.54 Å². The maximum Gasteiger partial charge on any atom is 0.272 e. The van der Waals surface area contributed by atoms with Crippen LogP contribution in [0.15, 0.2) is 60.9 Å². The van der Waals surface area contributed by atoms with E-state index in [0.29, 0.717) is 30.3 Å². The monoisotopic (exact) mass is 374 g/mol. The second-order valence-corrected chi connectivity index (χ2v) is 6.75. The van der Waals surface area contributed by atoms with Crippen molar-refractivity contribution in [2.75, 3.05) is 11.9 Å². The first kappa shape index (κ1) is 17.9. The average molecular weight is 374 g/mol. The molecule has 1 amide bonds. The number of aromatic amines is 1. The topological polar surface area (TPSA) is 71.9 Å². The molecule has 0 saturated heterocycles. The van der Waals surface area contributed by atoms with Crippen molar-refractivity contribution >= 4 is 22.5 Å². The molecule has 4 rings (SSSR count). The smallest absolute Gasteiger partial charge is 0.272 e. The Morgan fingerprint density at radius 2 is 2.07 bits per heavy atom. The summed E-state index contributed by atoms with van der Waals surface area (Å²) in [6, 6.07) is 15.2. The molecule has 0 aliphatic heterocycles. The molecular weight excluding hydrogens is 352 g/mol. The molecule has 2 aromatic carbocycles. The van der Waals surface area contributed by atoms with E-state index in [1.807, 2.05) is 53.3 Å². The first-order valence-corrected chi connectivity index (χ1v) is 9.21. The molecule has 2 aromatic heterocycles. The Bertz CT molecular complexity index is 1110. The van der Waals surface area contributed by atoms with Crippen LogP contribution in [0.5, 0.6) is 5.75 Å². The van der Waals surface area contributed by atoms with Crippen LogP contribution in [0.4, 0.5) is 5.69 Å². The van der Waals surface area contributed by atoms with Crippen LogP contribution in [0, 0.1) is 13.8 Å². The van der Waals surface area contributed by atoms with E-state index in [-0.39, 0.29) is 5.91 Å². The van der Waals surface area contributed by atoms with Crippen LogP contribution in [0.3, 0.4) is 0 Å². The third-order valence-electron chi connectivity index (χ3n) is 4.83. The molecular formula is C22H22N4O2. The normalized spacial score (nSPS) is 10.9. The average Bonchev–Trinajstić information content (AvgIpc) is 3.35. The number of aromatic nitrogens is 3. The molecule has 0 spiro atoms. The second kappa shape index (κ2) is 7.60. The molecule has 0 radical (unpaired) electrons. The van der Waals surface area contributed by atoms with Crippen LogP contribution in [0.25, 0.3) is 10.9 Å². The molecule has 0 fully saturated rings. The molecule has 142 valence electrons. The van der Waals surface area contributed by atoms with E-state index in [4.69, 9.17) is 4.74 Å². The number of benzene rings is 2. The lowest BCUT2D eigenvalue weighted by Gasteiger charge is -2.09. The van der Waals surface area contributed by atoms with E-state index >= 15 is 0 Å². The summed E-state index contributed by atoms with van der Waals surface area (Å²) < 4.78 is 7.57. The van der Waals surface area contributed by atoms with E-state index < -0.39 is 0 Å². The van der Waals surface area contributed by atoms with Gasteiger partial charge in [0.05, 0.1) is 6.54 Å². The van der Waals surface area contributed by atoms with E-state index in [1.165, 1.54) is 11.1 Å². The van der Waals surface area contributed by atoms with E-state index in [1.54, 1.807) is 6.20 Å². The summed E-state index contributed by atoms with van der Waals surface area (Å²) in [4.78, 5) is 15.9. The summed E-state index contributed by atoms with van der Waals surface area (Å²) in [5, 5.41) is 8.14. The minimum atomic E-state index is -0.179. The number of carbonyl (C=O) groups is 1. The summed E-state index contributed by atoms with van der Waals surface area (Å²) in [5.74, 6) is 0.523. The lowest BCUT2D eigenvalue weighted by atomic mass is 10.1. The van der Waals surface area contributed by atoms with Crippen molar-refractivity contribution < 1.29 is 9.53 Å². The van der Waals surface area contributed by atoms with Gasteiger partial charge in [-0.1, -0.05) is 12.1 Å². The van der Waals surface area contributed by atoms with Crippen LogP contribution >= 0.6 is 0 Å². The summed E-state index contributed by atoms with van der Waals surface area (Å²) >= 11 is 0. The zero-order valence-corrected chi connectivity index (χ0v) is 15.9. The van der Waals surface area contributed by atoms with Crippen LogP contribution in [0.1, 0.15) is 21.6 Å². The zero-order valence-electron chi connectivity index (χ0n) is 15.9. The van der Waals surface area contributed by atoms with E-state index in [2.05, 4.69) is 35.3 Å². The summed E-state index contributed by atoms with van der Waals surface area (Å²) in [6.45, 7) is 5.30. The van der Waals surface area contributed by atoms with E-state index in [0.717, 1.165) is 10.9 Å². The van der Waals surface area contributed by atoms with Crippen molar-refractivity contribution in [2.45, 2.75) is 20.4 Å². The maximum absolute atomic E-state index is 12.7. The molecule has 2 N–H and O–H groups in total. The number of rotatable bonds is 6. The van der Waals surface area contributed by atoms with Gasteiger partial charge >= 0.3 is 0 Å². The Labute approximate surface area is 163 Å². The molecule has 0 saturated carbocycles. The van der Waals surface area contributed by atoms with Gasteiger partial charge in [-0.3, -0.25) is 9.48 Å². The fourth-order valence-corrected chi connectivity index (χ4v) is 3.13. The third-order valence-corrected chi connectivity index (χ3v) is 4.83. The molecule has 0 aliphatic rings. The quantitative estimate of drug-likeness (QED) is 0.528. The van der Waals surface area contributed by atoms with Gasteiger partial charge in [0.1, 0.15) is 18.1 Å². The van der Waals surface area contributed by atoms with Crippen molar-refractivity contribution in [3.05, 3.63) is 77.7 Å². The van der Waals surface area contributed by atoms with Crippen molar-refractivity contribution in [1.29, 1.82) is 0 Å². The second-order valence-electron chi connectivity index (χ2n) is 6.75. The molecule has 0 bridgehead atoms. The Morgan fingerprint density at radius 3 is 2.89 bits per heavy atom. The minimum absolute atomic E-state index is 0.179. The highest BCUT2D eigenvalue weighted by molar-refractivity contribution is 6.06. The number of anilines is 1. The van der Waals surface area contributed by atoms with Gasteiger partial charge in [0, 0.05) is 35.1 Å². The predicted molar refractivity (Wildman–Crippen MR) is 110 cm³/mol. The van der Waals surface area contributed by atoms with Crippen molar-refractivity contribution in [3.8, 4) is 5.75 Å². The van der Waals surface area contributed by atoms with Gasteiger partial charge < -0.3 is 15.0 Å². The number of fused-ring (bicyclic) bond motifs is 1. The van der Waals surface area contributed by atoms with Crippen molar-refractivity contribution in [1.82, 2.24) is 14.8 Å². The SMILES string of the molecule is Cc1ccc2[nH]c(C(=O)Nc3cccc(OCCn4cccn4)c3)cc2c1C. The first-order valence-electron chi connectivity index (χ1n) is 9.21. The molecule has 28 heavy (non-hydrogen) atoms. The Balaban J connectivity index is 1.43. The van der Waals surface area contributed by atoms with Gasteiger partial charge in [-0.25, -0.2) is 0 Å². The number of nitrogens with zero attached hydrogens (tertiary/aromatic N) is 2. The number of ether oxygens (including phenoxy) is 1. The van der Waals surface area contributed by atoms with Gasteiger partial charge in [-0.2, -0.15) is 5.10 Å². The molecule has 4 aromatic rings. The number of amides is 1. The number of hydrogen-bond acceptors (Lipinski definition) is 3. The highest BCUT2D eigenvalue weighted by Crippen LogP contribution is 2.23. The predicted octanol–water partition coefficient (Wildman–Crippen LogP) is 4.31. The highest BCUT2D eigenvalue weighted by Gasteiger charge is 2.12. The van der Waals surface area contributed by atoms with Crippen molar-refractivity contribution in [3.63, 3.8) is 0 Å². The molecule has 0 aliphatic carbocycles. The largest absolute Gasteiger partial charge is 0.492 e. The fraction of sp³-hybridized carbons (Fsp3) is 0.182. The lowest BCUT2D eigenvalue weighted by molar-refractivity contribution is 0.102. The van der Waals surface area contributed by atoms with Gasteiger partial charge in [0.15, 0.2) is 0 Å². The van der Waals surface area contributed by atoms with Gasteiger partial charge in [0.2, 0.25) is 0 Å².